The van der Waals surface area contributed by atoms with Crippen LogP contribution in [0.5, 0.6) is 0 Å². The molecule has 0 saturated carbocycles. The second-order valence-electron chi connectivity index (χ2n) is 4.50. The van der Waals surface area contributed by atoms with Gasteiger partial charge in [-0.1, -0.05) is 30.3 Å². The largest absolute Gasteiger partial charge is 0.450 e. The van der Waals surface area contributed by atoms with Gasteiger partial charge in [0.1, 0.15) is 0 Å². The van der Waals surface area contributed by atoms with Crippen LogP contribution in [0.1, 0.15) is 31.4 Å². The molecule has 4 nitrogen and oxygen atoms in total. The van der Waals surface area contributed by atoms with E-state index in [0.29, 0.717) is 12.6 Å². The number of benzene rings is 1. The highest BCUT2D eigenvalue weighted by atomic mass is 16.5. The summed E-state index contributed by atoms with van der Waals surface area (Å²) in [6, 6.07) is 10.8. The van der Waals surface area contributed by atoms with Crippen LogP contribution in [-0.2, 0) is 4.74 Å². The summed E-state index contributed by atoms with van der Waals surface area (Å²) in [5.41, 5.74) is 1.27. The van der Waals surface area contributed by atoms with Gasteiger partial charge in [0.25, 0.3) is 0 Å². The molecule has 1 aromatic carbocycles. The van der Waals surface area contributed by atoms with E-state index in [1.807, 2.05) is 25.1 Å². The first-order chi connectivity index (χ1) is 8.79. The number of hydrogen-bond donors (Lipinski definition) is 2. The van der Waals surface area contributed by atoms with Crippen LogP contribution in [0.4, 0.5) is 4.79 Å². The van der Waals surface area contributed by atoms with E-state index >= 15 is 0 Å². The lowest BCUT2D eigenvalue weighted by molar-refractivity contribution is 0.144. The number of amides is 1. The van der Waals surface area contributed by atoms with Gasteiger partial charge in [0.05, 0.1) is 6.61 Å². The lowest BCUT2D eigenvalue weighted by Crippen LogP contribution is -2.44. The third-order valence-electron chi connectivity index (χ3n) is 3.20. The zero-order valence-electron chi connectivity index (χ0n) is 10.7. The standard InChI is InChI=1S/C14H20N2O2/c1-2-18-14(17)16-12-8-9-15-13(10-12)11-6-4-3-5-7-11/h3-7,12-13,15H,2,8-10H2,1H3,(H,16,17)/t12-,13-/m0/s1. The Balaban J connectivity index is 1.91. The Hall–Kier alpha value is -1.55. The van der Waals surface area contributed by atoms with Gasteiger partial charge in [0.2, 0.25) is 0 Å². The first kappa shape index (κ1) is 12.9. The SMILES string of the molecule is CCOC(=O)N[C@H]1CCN[C@H](c2ccccc2)C1. The van der Waals surface area contributed by atoms with Crippen molar-refractivity contribution in [1.29, 1.82) is 0 Å². The van der Waals surface area contributed by atoms with E-state index in [9.17, 15) is 4.79 Å². The summed E-state index contributed by atoms with van der Waals surface area (Å²) in [4.78, 5) is 11.4. The fraction of sp³-hybridized carbons (Fsp3) is 0.500. The number of ether oxygens (including phenoxy) is 1. The quantitative estimate of drug-likeness (QED) is 0.862. The Morgan fingerprint density at radius 3 is 2.94 bits per heavy atom. The van der Waals surface area contributed by atoms with Crippen molar-refractivity contribution in [3.63, 3.8) is 0 Å². The molecule has 1 aliphatic heterocycles. The third kappa shape index (κ3) is 3.47. The molecule has 1 amide bonds. The average Bonchev–Trinajstić information content (AvgIpc) is 2.40. The van der Waals surface area contributed by atoms with Gasteiger partial charge in [-0.05, 0) is 31.9 Å². The Morgan fingerprint density at radius 1 is 1.44 bits per heavy atom. The molecule has 4 heteroatoms. The van der Waals surface area contributed by atoms with Crippen LogP contribution in [0.25, 0.3) is 0 Å². The minimum absolute atomic E-state index is 0.190. The van der Waals surface area contributed by atoms with Crippen molar-refractivity contribution < 1.29 is 9.53 Å². The predicted octanol–water partition coefficient (Wildman–Crippen LogP) is 2.23. The molecule has 0 aliphatic carbocycles. The molecule has 1 aromatic rings. The predicted molar refractivity (Wildman–Crippen MR) is 70.4 cm³/mol. The minimum Gasteiger partial charge on any atom is -0.450 e. The molecule has 2 rings (SSSR count). The molecule has 18 heavy (non-hydrogen) atoms. The van der Waals surface area contributed by atoms with Crippen molar-refractivity contribution in [3.05, 3.63) is 35.9 Å². The van der Waals surface area contributed by atoms with Crippen molar-refractivity contribution in [2.24, 2.45) is 0 Å². The molecule has 2 N–H and O–H groups in total. The Kier molecular flexibility index (Phi) is 4.59. The number of piperidine rings is 1. The van der Waals surface area contributed by atoms with Crippen molar-refractivity contribution >= 4 is 6.09 Å². The summed E-state index contributed by atoms with van der Waals surface area (Å²) in [5.74, 6) is 0. The van der Waals surface area contributed by atoms with Gasteiger partial charge in [-0.15, -0.1) is 0 Å². The number of alkyl carbamates (subject to hydrolysis) is 1. The molecule has 0 bridgehead atoms. The smallest absolute Gasteiger partial charge is 0.407 e. The summed E-state index contributed by atoms with van der Waals surface area (Å²) < 4.78 is 4.92. The number of carbonyl (C=O) groups is 1. The van der Waals surface area contributed by atoms with E-state index in [4.69, 9.17) is 4.74 Å². The zero-order valence-corrected chi connectivity index (χ0v) is 10.7. The number of hydrogen-bond acceptors (Lipinski definition) is 3. The van der Waals surface area contributed by atoms with Crippen LogP contribution in [0.15, 0.2) is 30.3 Å². The van der Waals surface area contributed by atoms with E-state index in [-0.39, 0.29) is 12.1 Å². The molecule has 98 valence electrons. The molecule has 1 fully saturated rings. The number of nitrogens with one attached hydrogen (secondary N) is 2. The lowest BCUT2D eigenvalue weighted by atomic mass is 9.94. The molecule has 1 heterocycles. The monoisotopic (exact) mass is 248 g/mol. The molecule has 0 unspecified atom stereocenters. The second-order valence-corrected chi connectivity index (χ2v) is 4.50. The molecule has 0 aromatic heterocycles. The van der Waals surface area contributed by atoms with E-state index in [0.717, 1.165) is 19.4 Å². The molecule has 0 radical (unpaired) electrons. The van der Waals surface area contributed by atoms with Crippen LogP contribution < -0.4 is 10.6 Å². The first-order valence-electron chi connectivity index (χ1n) is 6.51. The lowest BCUT2D eigenvalue weighted by Gasteiger charge is -2.30. The van der Waals surface area contributed by atoms with E-state index < -0.39 is 0 Å². The number of carbonyl (C=O) groups excluding carboxylic acids is 1. The molecule has 2 atom stereocenters. The van der Waals surface area contributed by atoms with Crippen LogP contribution in [-0.4, -0.2) is 25.3 Å². The summed E-state index contributed by atoms with van der Waals surface area (Å²) in [7, 11) is 0. The van der Waals surface area contributed by atoms with E-state index in [2.05, 4.69) is 22.8 Å². The first-order valence-corrected chi connectivity index (χ1v) is 6.51. The highest BCUT2D eigenvalue weighted by Crippen LogP contribution is 2.22. The third-order valence-corrected chi connectivity index (χ3v) is 3.20. The van der Waals surface area contributed by atoms with Crippen LogP contribution in [0, 0.1) is 0 Å². The van der Waals surface area contributed by atoms with Gasteiger partial charge in [-0.2, -0.15) is 0 Å². The summed E-state index contributed by atoms with van der Waals surface area (Å²) in [5, 5.41) is 6.40. The topological polar surface area (TPSA) is 50.4 Å². The Labute approximate surface area is 108 Å². The van der Waals surface area contributed by atoms with E-state index in [1.54, 1.807) is 0 Å². The van der Waals surface area contributed by atoms with Gasteiger partial charge in [-0.25, -0.2) is 4.79 Å². The maximum atomic E-state index is 11.4. The molecule has 1 saturated heterocycles. The fourth-order valence-electron chi connectivity index (χ4n) is 2.33. The molecule has 1 aliphatic rings. The number of rotatable bonds is 3. The highest BCUT2D eigenvalue weighted by Gasteiger charge is 2.23. The Bertz CT molecular complexity index is 381. The summed E-state index contributed by atoms with van der Waals surface area (Å²) in [6.45, 7) is 3.14. The summed E-state index contributed by atoms with van der Waals surface area (Å²) in [6.07, 6.45) is 1.54. The maximum Gasteiger partial charge on any atom is 0.407 e. The van der Waals surface area contributed by atoms with Crippen LogP contribution in [0.2, 0.25) is 0 Å². The van der Waals surface area contributed by atoms with Crippen molar-refractivity contribution in [1.82, 2.24) is 10.6 Å². The van der Waals surface area contributed by atoms with Crippen LogP contribution >= 0.6 is 0 Å². The average molecular weight is 248 g/mol. The van der Waals surface area contributed by atoms with Gasteiger partial charge >= 0.3 is 6.09 Å². The summed E-state index contributed by atoms with van der Waals surface area (Å²) >= 11 is 0. The van der Waals surface area contributed by atoms with Gasteiger partial charge < -0.3 is 15.4 Å². The minimum atomic E-state index is -0.309. The maximum absolute atomic E-state index is 11.4. The van der Waals surface area contributed by atoms with Crippen molar-refractivity contribution in [3.8, 4) is 0 Å². The second kappa shape index (κ2) is 6.40. The molecular weight excluding hydrogens is 228 g/mol. The van der Waals surface area contributed by atoms with Gasteiger partial charge in [-0.3, -0.25) is 0 Å². The van der Waals surface area contributed by atoms with E-state index in [1.165, 1.54) is 5.56 Å². The fourth-order valence-corrected chi connectivity index (χ4v) is 2.33. The van der Waals surface area contributed by atoms with Crippen molar-refractivity contribution in [2.45, 2.75) is 31.8 Å². The van der Waals surface area contributed by atoms with Crippen LogP contribution in [0.3, 0.4) is 0 Å². The zero-order chi connectivity index (χ0) is 12.8. The normalized spacial score (nSPS) is 23.4. The van der Waals surface area contributed by atoms with Crippen molar-refractivity contribution in [2.75, 3.05) is 13.2 Å². The molecule has 0 spiro atoms. The molecular formula is C14H20N2O2. The van der Waals surface area contributed by atoms with Gasteiger partial charge in [0, 0.05) is 12.1 Å². The highest BCUT2D eigenvalue weighted by molar-refractivity contribution is 5.67. The van der Waals surface area contributed by atoms with Gasteiger partial charge in [0.15, 0.2) is 0 Å². The Morgan fingerprint density at radius 2 is 2.22 bits per heavy atom.